The van der Waals surface area contributed by atoms with Gasteiger partial charge in [0.15, 0.2) is 0 Å². The van der Waals surface area contributed by atoms with Crippen LogP contribution < -0.4 is 9.62 Å². The van der Waals surface area contributed by atoms with E-state index in [0.29, 0.717) is 34.1 Å². The van der Waals surface area contributed by atoms with Crippen LogP contribution in [0.5, 0.6) is 0 Å². The lowest BCUT2D eigenvalue weighted by molar-refractivity contribution is -0.140. The molecule has 0 aliphatic carbocycles. The molecule has 0 saturated heterocycles. The third-order valence-corrected chi connectivity index (χ3v) is 9.78. The van der Waals surface area contributed by atoms with Crippen LogP contribution >= 0.6 is 23.2 Å². The van der Waals surface area contributed by atoms with E-state index in [9.17, 15) is 18.0 Å². The van der Waals surface area contributed by atoms with Crippen molar-refractivity contribution in [3.63, 3.8) is 0 Å². The number of rotatable bonds is 12. The third kappa shape index (κ3) is 8.06. The number of halogens is 2. The summed E-state index contributed by atoms with van der Waals surface area (Å²) in [4.78, 5) is 29.1. The SMILES string of the molecule is CC[C@@H](C)NC(=O)[C@H](CC)N(Cc1ccc(Cl)cc1Cl)C(=O)CN(c1ccc(C)c(C)c1)S(=O)(=O)c1ccc(C)cc1. The zero-order valence-corrected chi connectivity index (χ0v) is 27.3. The topological polar surface area (TPSA) is 86.8 Å². The number of benzene rings is 3. The summed E-state index contributed by atoms with van der Waals surface area (Å²) in [5.41, 5.74) is 3.72. The van der Waals surface area contributed by atoms with Gasteiger partial charge in [0.2, 0.25) is 11.8 Å². The molecule has 0 radical (unpaired) electrons. The van der Waals surface area contributed by atoms with E-state index < -0.39 is 28.5 Å². The van der Waals surface area contributed by atoms with E-state index in [-0.39, 0.29) is 23.4 Å². The Hall–Kier alpha value is -3.07. The first-order valence-corrected chi connectivity index (χ1v) is 16.2. The Labute approximate surface area is 259 Å². The summed E-state index contributed by atoms with van der Waals surface area (Å²) in [6.45, 7) is 10.8. The Morgan fingerprint density at radius 2 is 1.55 bits per heavy atom. The lowest BCUT2D eigenvalue weighted by atomic mass is 10.1. The smallest absolute Gasteiger partial charge is 0.264 e. The maximum Gasteiger partial charge on any atom is 0.264 e. The van der Waals surface area contributed by atoms with Gasteiger partial charge in [0.25, 0.3) is 10.0 Å². The van der Waals surface area contributed by atoms with E-state index in [1.54, 1.807) is 42.5 Å². The Morgan fingerprint density at radius 1 is 0.881 bits per heavy atom. The molecule has 0 heterocycles. The van der Waals surface area contributed by atoms with E-state index in [1.807, 2.05) is 47.6 Å². The average molecular weight is 633 g/mol. The molecule has 7 nitrogen and oxygen atoms in total. The monoisotopic (exact) mass is 631 g/mol. The number of nitrogens with zero attached hydrogens (tertiary/aromatic N) is 2. The third-order valence-electron chi connectivity index (χ3n) is 7.41. The summed E-state index contributed by atoms with van der Waals surface area (Å²) in [5.74, 6) is -0.856. The van der Waals surface area contributed by atoms with Crippen molar-refractivity contribution in [2.75, 3.05) is 10.8 Å². The number of carbonyl (C=O) groups is 2. The van der Waals surface area contributed by atoms with Crippen LogP contribution in [-0.2, 0) is 26.2 Å². The van der Waals surface area contributed by atoms with Crippen LogP contribution in [0.2, 0.25) is 10.0 Å². The Kier molecular flexibility index (Phi) is 11.5. The van der Waals surface area contributed by atoms with Crippen LogP contribution in [0.25, 0.3) is 0 Å². The summed E-state index contributed by atoms with van der Waals surface area (Å²) in [7, 11) is -4.15. The number of hydrogen-bond donors (Lipinski definition) is 1. The van der Waals surface area contributed by atoms with Crippen LogP contribution in [0.1, 0.15) is 55.9 Å². The van der Waals surface area contributed by atoms with Crippen molar-refractivity contribution in [3.8, 4) is 0 Å². The molecule has 0 unspecified atom stereocenters. The van der Waals surface area contributed by atoms with E-state index in [4.69, 9.17) is 23.2 Å². The summed E-state index contributed by atoms with van der Waals surface area (Å²) < 4.78 is 29.2. The van der Waals surface area contributed by atoms with Crippen LogP contribution in [0.3, 0.4) is 0 Å². The van der Waals surface area contributed by atoms with Crippen molar-refractivity contribution in [1.29, 1.82) is 0 Å². The van der Waals surface area contributed by atoms with Crippen LogP contribution in [0.4, 0.5) is 5.69 Å². The molecule has 0 aliphatic heterocycles. The van der Waals surface area contributed by atoms with E-state index in [1.165, 1.54) is 17.0 Å². The van der Waals surface area contributed by atoms with Crippen molar-refractivity contribution in [2.24, 2.45) is 0 Å². The Morgan fingerprint density at radius 3 is 2.12 bits per heavy atom. The molecule has 0 saturated carbocycles. The predicted octanol–water partition coefficient (Wildman–Crippen LogP) is 6.84. The number of amides is 2. The molecular weight excluding hydrogens is 593 g/mol. The maximum atomic E-state index is 14.2. The van der Waals surface area contributed by atoms with Gasteiger partial charge in [-0.05, 0) is 93.6 Å². The second-order valence-electron chi connectivity index (χ2n) is 10.6. The first-order chi connectivity index (χ1) is 19.8. The molecule has 3 rings (SSSR count). The molecule has 226 valence electrons. The Balaban J connectivity index is 2.11. The zero-order chi connectivity index (χ0) is 31.2. The Bertz CT molecular complexity index is 1530. The number of nitrogens with one attached hydrogen (secondary N) is 1. The molecule has 2 atom stereocenters. The molecule has 42 heavy (non-hydrogen) atoms. The summed E-state index contributed by atoms with van der Waals surface area (Å²) >= 11 is 12.6. The number of carbonyl (C=O) groups excluding carboxylic acids is 2. The lowest BCUT2D eigenvalue weighted by Gasteiger charge is -2.34. The second kappa shape index (κ2) is 14.4. The fraction of sp³-hybridized carbons (Fsp3) is 0.375. The normalized spacial score (nSPS) is 12.9. The molecule has 10 heteroatoms. The highest BCUT2D eigenvalue weighted by atomic mass is 35.5. The molecule has 0 fully saturated rings. The van der Waals surface area contributed by atoms with Gasteiger partial charge in [0.05, 0.1) is 10.6 Å². The number of aryl methyl sites for hydroxylation is 3. The van der Waals surface area contributed by atoms with E-state index in [0.717, 1.165) is 21.0 Å². The van der Waals surface area contributed by atoms with Gasteiger partial charge < -0.3 is 10.2 Å². The van der Waals surface area contributed by atoms with Gasteiger partial charge in [0, 0.05) is 22.6 Å². The van der Waals surface area contributed by atoms with Gasteiger partial charge >= 0.3 is 0 Å². The van der Waals surface area contributed by atoms with Crippen molar-refractivity contribution < 1.29 is 18.0 Å². The highest BCUT2D eigenvalue weighted by molar-refractivity contribution is 7.92. The highest BCUT2D eigenvalue weighted by Crippen LogP contribution is 2.28. The van der Waals surface area contributed by atoms with Crippen molar-refractivity contribution in [1.82, 2.24) is 10.2 Å². The maximum absolute atomic E-state index is 14.2. The molecule has 0 aromatic heterocycles. The lowest BCUT2D eigenvalue weighted by Crippen LogP contribution is -2.53. The van der Waals surface area contributed by atoms with Gasteiger partial charge in [-0.3, -0.25) is 13.9 Å². The zero-order valence-electron chi connectivity index (χ0n) is 24.9. The summed E-state index contributed by atoms with van der Waals surface area (Å²) in [5, 5.41) is 3.75. The molecule has 0 aliphatic rings. The predicted molar refractivity (Wildman–Crippen MR) is 171 cm³/mol. The number of sulfonamides is 1. The van der Waals surface area contributed by atoms with Crippen LogP contribution in [-0.4, -0.2) is 43.8 Å². The van der Waals surface area contributed by atoms with Gasteiger partial charge in [-0.2, -0.15) is 0 Å². The molecular formula is C32H39Cl2N3O4S. The van der Waals surface area contributed by atoms with E-state index >= 15 is 0 Å². The largest absolute Gasteiger partial charge is 0.352 e. The molecule has 0 bridgehead atoms. The average Bonchev–Trinajstić information content (AvgIpc) is 2.94. The molecule has 2 amide bonds. The second-order valence-corrected chi connectivity index (χ2v) is 13.3. The van der Waals surface area contributed by atoms with Gasteiger partial charge in [0.1, 0.15) is 12.6 Å². The molecule has 3 aromatic rings. The number of anilines is 1. The minimum atomic E-state index is -4.15. The van der Waals surface area contributed by atoms with E-state index in [2.05, 4.69) is 5.32 Å². The fourth-order valence-electron chi connectivity index (χ4n) is 4.44. The van der Waals surface area contributed by atoms with Crippen molar-refractivity contribution >= 4 is 50.7 Å². The fourth-order valence-corrected chi connectivity index (χ4v) is 6.32. The van der Waals surface area contributed by atoms with Crippen molar-refractivity contribution in [3.05, 3.63) is 93.0 Å². The van der Waals surface area contributed by atoms with Crippen LogP contribution in [0, 0.1) is 20.8 Å². The van der Waals surface area contributed by atoms with Crippen LogP contribution in [0.15, 0.2) is 65.6 Å². The number of hydrogen-bond acceptors (Lipinski definition) is 4. The van der Waals surface area contributed by atoms with Gasteiger partial charge in [-0.25, -0.2) is 8.42 Å². The minimum Gasteiger partial charge on any atom is -0.352 e. The molecule has 1 N–H and O–H groups in total. The standard InChI is InChI=1S/C32H39Cl2N3O4S/c1-7-24(6)35-32(39)30(8-2)36(19-25-12-13-26(33)18-29(25)34)31(38)20-37(27-14-11-22(4)23(5)17-27)42(40,41)28-15-9-21(3)10-16-28/h9-18,24,30H,7-8,19-20H2,1-6H3,(H,35,39)/t24-,30+/m1/s1. The summed E-state index contributed by atoms with van der Waals surface area (Å²) in [6, 6.07) is 15.7. The highest BCUT2D eigenvalue weighted by Gasteiger charge is 2.34. The minimum absolute atomic E-state index is 0.00733. The van der Waals surface area contributed by atoms with Gasteiger partial charge in [-0.15, -0.1) is 0 Å². The molecule has 3 aromatic carbocycles. The van der Waals surface area contributed by atoms with Crippen molar-refractivity contribution in [2.45, 2.75) is 77.9 Å². The summed E-state index contributed by atoms with van der Waals surface area (Å²) in [6.07, 6.45) is 1.03. The first-order valence-electron chi connectivity index (χ1n) is 14.0. The molecule has 0 spiro atoms. The first kappa shape index (κ1) is 33.4. The quantitative estimate of drug-likeness (QED) is 0.237. The van der Waals surface area contributed by atoms with Gasteiger partial charge in [-0.1, -0.05) is 66.9 Å².